The van der Waals surface area contributed by atoms with Crippen molar-refractivity contribution in [2.75, 3.05) is 6.61 Å². The summed E-state index contributed by atoms with van der Waals surface area (Å²) in [5.41, 5.74) is 1.12. The average Bonchev–Trinajstić information content (AvgIpc) is 2.37. The summed E-state index contributed by atoms with van der Waals surface area (Å²) in [7, 11) is 0. The number of aliphatic hydroxyl groups excluding tert-OH is 1. The average molecular weight is 152 g/mol. The van der Waals surface area contributed by atoms with Crippen LogP contribution in [0.1, 0.15) is 17.7 Å². The van der Waals surface area contributed by atoms with Crippen LogP contribution in [0.25, 0.3) is 6.08 Å². The quantitative estimate of drug-likeness (QED) is 0.718. The van der Waals surface area contributed by atoms with Gasteiger partial charge >= 0.3 is 0 Å². The van der Waals surface area contributed by atoms with Crippen molar-refractivity contribution < 1.29 is 9.52 Å². The fourth-order valence-electron chi connectivity index (χ4n) is 0.820. The minimum atomic E-state index is 0.191. The monoisotopic (exact) mass is 152 g/mol. The van der Waals surface area contributed by atoms with Crippen LogP contribution in [0.4, 0.5) is 0 Å². The summed E-state index contributed by atoms with van der Waals surface area (Å²) in [5.74, 6) is 0.874. The Morgan fingerprint density at radius 2 is 2.45 bits per heavy atom. The van der Waals surface area contributed by atoms with E-state index in [1.54, 1.807) is 6.26 Å². The molecule has 1 rings (SSSR count). The number of aliphatic hydroxyl groups is 1. The molecule has 1 aromatic rings. The lowest BCUT2D eigenvalue weighted by Gasteiger charge is -1.87. The van der Waals surface area contributed by atoms with Gasteiger partial charge in [-0.25, -0.2) is 0 Å². The smallest absolute Gasteiger partial charge is 0.129 e. The highest BCUT2D eigenvalue weighted by Gasteiger charge is 1.94. The molecule has 0 unspecified atom stereocenters. The van der Waals surface area contributed by atoms with Gasteiger partial charge in [0.1, 0.15) is 5.76 Å². The normalized spacial score (nSPS) is 11.1. The van der Waals surface area contributed by atoms with E-state index in [-0.39, 0.29) is 6.61 Å². The summed E-state index contributed by atoms with van der Waals surface area (Å²) in [5, 5.41) is 8.48. The van der Waals surface area contributed by atoms with Crippen LogP contribution in [-0.4, -0.2) is 11.7 Å². The number of hydrogen-bond donors (Lipinski definition) is 1. The standard InChI is InChI=1S/C9H12O2/c1-8-5-7-11-9(8)4-2-3-6-10/h2,4-5,7,10H,3,6H2,1H3/b4-2+. The van der Waals surface area contributed by atoms with E-state index >= 15 is 0 Å². The fraction of sp³-hybridized carbons (Fsp3) is 0.333. The summed E-state index contributed by atoms with van der Waals surface area (Å²) in [6.45, 7) is 2.18. The van der Waals surface area contributed by atoms with Gasteiger partial charge < -0.3 is 9.52 Å². The molecule has 1 aromatic heterocycles. The van der Waals surface area contributed by atoms with Crippen LogP contribution >= 0.6 is 0 Å². The fourth-order valence-corrected chi connectivity index (χ4v) is 0.820. The molecule has 60 valence electrons. The van der Waals surface area contributed by atoms with Crippen LogP contribution in [0.5, 0.6) is 0 Å². The van der Waals surface area contributed by atoms with Crippen LogP contribution in [0, 0.1) is 6.92 Å². The van der Waals surface area contributed by atoms with E-state index in [0.717, 1.165) is 11.3 Å². The van der Waals surface area contributed by atoms with Gasteiger partial charge in [0.05, 0.1) is 6.26 Å². The summed E-state index contributed by atoms with van der Waals surface area (Å²) in [6, 6.07) is 1.92. The lowest BCUT2D eigenvalue weighted by atomic mass is 10.2. The second kappa shape index (κ2) is 3.98. The van der Waals surface area contributed by atoms with Crippen molar-refractivity contribution in [3.63, 3.8) is 0 Å². The van der Waals surface area contributed by atoms with Crippen molar-refractivity contribution in [2.24, 2.45) is 0 Å². The first kappa shape index (κ1) is 8.08. The highest BCUT2D eigenvalue weighted by Crippen LogP contribution is 2.10. The number of furan rings is 1. The molecule has 1 N–H and O–H groups in total. The molecule has 0 fully saturated rings. The molecule has 2 heteroatoms. The van der Waals surface area contributed by atoms with E-state index < -0.39 is 0 Å². The van der Waals surface area contributed by atoms with E-state index in [0.29, 0.717) is 6.42 Å². The minimum absolute atomic E-state index is 0.191. The van der Waals surface area contributed by atoms with Gasteiger partial charge in [0.25, 0.3) is 0 Å². The number of hydrogen-bond acceptors (Lipinski definition) is 2. The predicted molar refractivity (Wildman–Crippen MR) is 44.2 cm³/mol. The first-order valence-electron chi connectivity index (χ1n) is 3.66. The maximum Gasteiger partial charge on any atom is 0.129 e. The molecular formula is C9H12O2. The Kier molecular flexibility index (Phi) is 2.93. The SMILES string of the molecule is Cc1ccoc1/C=C/CCO. The van der Waals surface area contributed by atoms with Gasteiger partial charge in [0.15, 0.2) is 0 Å². The van der Waals surface area contributed by atoms with Crippen LogP contribution in [0.15, 0.2) is 22.8 Å². The number of aryl methyl sites for hydroxylation is 1. The van der Waals surface area contributed by atoms with E-state index in [2.05, 4.69) is 0 Å². The zero-order valence-corrected chi connectivity index (χ0v) is 6.58. The molecule has 0 aromatic carbocycles. The Labute approximate surface area is 66.2 Å². The van der Waals surface area contributed by atoms with Crippen LogP contribution in [0.3, 0.4) is 0 Å². The Morgan fingerprint density at radius 3 is 3.00 bits per heavy atom. The van der Waals surface area contributed by atoms with E-state index in [1.165, 1.54) is 0 Å². The Balaban J connectivity index is 2.56. The molecule has 2 nitrogen and oxygen atoms in total. The zero-order valence-electron chi connectivity index (χ0n) is 6.58. The maximum absolute atomic E-state index is 8.48. The maximum atomic E-state index is 8.48. The molecule has 0 saturated carbocycles. The summed E-state index contributed by atoms with van der Waals surface area (Å²) < 4.78 is 5.14. The van der Waals surface area contributed by atoms with E-state index in [9.17, 15) is 0 Å². The molecule has 0 atom stereocenters. The van der Waals surface area contributed by atoms with Crippen molar-refractivity contribution in [3.8, 4) is 0 Å². The van der Waals surface area contributed by atoms with Gasteiger partial charge in [-0.05, 0) is 31.1 Å². The van der Waals surface area contributed by atoms with Gasteiger partial charge in [-0.2, -0.15) is 0 Å². The van der Waals surface area contributed by atoms with E-state index in [4.69, 9.17) is 9.52 Å². The van der Waals surface area contributed by atoms with Crippen molar-refractivity contribution in [1.29, 1.82) is 0 Å². The summed E-state index contributed by atoms with van der Waals surface area (Å²) in [4.78, 5) is 0. The van der Waals surface area contributed by atoms with Gasteiger partial charge in [-0.3, -0.25) is 0 Å². The third kappa shape index (κ3) is 2.24. The van der Waals surface area contributed by atoms with Gasteiger partial charge in [0, 0.05) is 6.61 Å². The highest BCUT2D eigenvalue weighted by atomic mass is 16.3. The van der Waals surface area contributed by atoms with Gasteiger partial charge in [-0.1, -0.05) is 6.08 Å². The molecule has 0 radical (unpaired) electrons. The molecule has 0 amide bonds. The topological polar surface area (TPSA) is 33.4 Å². The van der Waals surface area contributed by atoms with Crippen LogP contribution < -0.4 is 0 Å². The summed E-state index contributed by atoms with van der Waals surface area (Å²) >= 11 is 0. The first-order valence-corrected chi connectivity index (χ1v) is 3.66. The second-order valence-electron chi connectivity index (χ2n) is 2.38. The van der Waals surface area contributed by atoms with Crippen molar-refractivity contribution in [2.45, 2.75) is 13.3 Å². The molecule has 0 bridgehead atoms. The summed E-state index contributed by atoms with van der Waals surface area (Å²) in [6.07, 6.45) is 6.12. The Hall–Kier alpha value is -1.02. The van der Waals surface area contributed by atoms with Gasteiger partial charge in [-0.15, -0.1) is 0 Å². The molecule has 11 heavy (non-hydrogen) atoms. The minimum Gasteiger partial charge on any atom is -0.465 e. The molecule has 1 heterocycles. The third-order valence-corrected chi connectivity index (χ3v) is 1.47. The lowest BCUT2D eigenvalue weighted by Crippen LogP contribution is -1.75. The molecular weight excluding hydrogens is 140 g/mol. The van der Waals surface area contributed by atoms with E-state index in [1.807, 2.05) is 25.1 Å². The largest absolute Gasteiger partial charge is 0.465 e. The van der Waals surface area contributed by atoms with Crippen molar-refractivity contribution in [3.05, 3.63) is 29.7 Å². The van der Waals surface area contributed by atoms with Crippen molar-refractivity contribution >= 4 is 6.08 Å². The Bertz CT molecular complexity index is 235. The zero-order chi connectivity index (χ0) is 8.10. The molecule has 0 aliphatic carbocycles. The van der Waals surface area contributed by atoms with Crippen LogP contribution in [0.2, 0.25) is 0 Å². The predicted octanol–water partition coefficient (Wildman–Crippen LogP) is 1.98. The molecule has 0 spiro atoms. The van der Waals surface area contributed by atoms with Crippen LogP contribution in [-0.2, 0) is 0 Å². The van der Waals surface area contributed by atoms with Crippen molar-refractivity contribution in [1.82, 2.24) is 0 Å². The Morgan fingerprint density at radius 1 is 1.64 bits per heavy atom. The molecule has 0 saturated heterocycles. The second-order valence-corrected chi connectivity index (χ2v) is 2.38. The van der Waals surface area contributed by atoms with Gasteiger partial charge in [0.2, 0.25) is 0 Å². The third-order valence-electron chi connectivity index (χ3n) is 1.47. The highest BCUT2D eigenvalue weighted by molar-refractivity contribution is 5.46. The number of rotatable bonds is 3. The first-order chi connectivity index (χ1) is 5.34. The molecule has 0 aliphatic rings. The molecule has 0 aliphatic heterocycles. The lowest BCUT2D eigenvalue weighted by molar-refractivity contribution is 0.303.